The van der Waals surface area contributed by atoms with E-state index in [4.69, 9.17) is 17.3 Å². The first-order chi connectivity index (χ1) is 5.61. The molecule has 13 heavy (non-hydrogen) atoms. The van der Waals surface area contributed by atoms with Gasteiger partial charge in [0.15, 0.2) is 0 Å². The lowest BCUT2D eigenvalue weighted by atomic mass is 9.97. The van der Waals surface area contributed by atoms with Gasteiger partial charge in [0, 0.05) is 11.1 Å². The number of halogens is 2. The van der Waals surface area contributed by atoms with Gasteiger partial charge in [-0.25, -0.2) is 0 Å². The molecule has 1 rings (SSSR count). The molecule has 0 aliphatic rings. The molecule has 0 fully saturated rings. The fourth-order valence-electron chi connectivity index (χ4n) is 1.10. The summed E-state index contributed by atoms with van der Waals surface area (Å²) in [6.45, 7) is 4.21. The molecule has 0 aromatic heterocycles. The van der Waals surface area contributed by atoms with E-state index in [0.717, 1.165) is 10.6 Å². The normalized spacial score (nSPS) is 12.4. The number of nitrogens with two attached hydrogens (primary N) is 1. The molecule has 1 aromatic rings. The van der Waals surface area contributed by atoms with Crippen molar-refractivity contribution in [3.8, 4) is 0 Å². The van der Waals surface area contributed by atoms with E-state index < -0.39 is 0 Å². The minimum atomic E-state index is 0. The minimum absolute atomic E-state index is 0. The molecule has 0 aliphatic heterocycles. The van der Waals surface area contributed by atoms with E-state index in [-0.39, 0.29) is 18.4 Å². The molecular formula is C10H15Cl2N. The number of rotatable bonds is 2. The Morgan fingerprint density at radius 1 is 1.31 bits per heavy atom. The van der Waals surface area contributed by atoms with Crippen LogP contribution in [0.4, 0.5) is 0 Å². The van der Waals surface area contributed by atoms with Gasteiger partial charge in [0.25, 0.3) is 0 Å². The Hall–Kier alpha value is -0.240. The Kier molecular flexibility index (Phi) is 5.38. The van der Waals surface area contributed by atoms with Crippen molar-refractivity contribution in [2.45, 2.75) is 19.9 Å². The molecule has 2 N–H and O–H groups in total. The average molecular weight is 220 g/mol. The minimum Gasteiger partial charge on any atom is -0.324 e. The van der Waals surface area contributed by atoms with Crippen LogP contribution in [0.25, 0.3) is 0 Å². The van der Waals surface area contributed by atoms with Gasteiger partial charge >= 0.3 is 0 Å². The summed E-state index contributed by atoms with van der Waals surface area (Å²) in [5.41, 5.74) is 7.06. The van der Waals surface area contributed by atoms with E-state index in [1.54, 1.807) is 0 Å². The standard InChI is InChI=1S/C10H14ClN.ClH/c1-7(2)10(12)8-4-3-5-9(11)6-8;/h3-7,10H,12H2,1-2H3;1H/t10-;/m1./s1. The van der Waals surface area contributed by atoms with Crippen molar-refractivity contribution in [1.82, 2.24) is 0 Å². The first-order valence-corrected chi connectivity index (χ1v) is 4.50. The summed E-state index contributed by atoms with van der Waals surface area (Å²) >= 11 is 5.84. The van der Waals surface area contributed by atoms with Crippen molar-refractivity contribution in [3.63, 3.8) is 0 Å². The fraction of sp³-hybridized carbons (Fsp3) is 0.400. The maximum atomic E-state index is 5.95. The third kappa shape index (κ3) is 3.55. The fourth-order valence-corrected chi connectivity index (χ4v) is 1.30. The molecule has 0 saturated heterocycles. The Balaban J connectivity index is 0.00000144. The highest BCUT2D eigenvalue weighted by Crippen LogP contribution is 2.21. The van der Waals surface area contributed by atoms with E-state index in [1.807, 2.05) is 24.3 Å². The van der Waals surface area contributed by atoms with Gasteiger partial charge in [-0.15, -0.1) is 12.4 Å². The predicted octanol–water partition coefficient (Wildman–Crippen LogP) is 3.42. The molecule has 3 heteroatoms. The lowest BCUT2D eigenvalue weighted by Gasteiger charge is -2.15. The van der Waals surface area contributed by atoms with Crippen molar-refractivity contribution in [2.75, 3.05) is 0 Å². The van der Waals surface area contributed by atoms with Gasteiger partial charge in [0.2, 0.25) is 0 Å². The molecule has 1 aromatic carbocycles. The second kappa shape index (κ2) is 5.48. The Morgan fingerprint density at radius 2 is 1.92 bits per heavy atom. The molecule has 0 bridgehead atoms. The van der Waals surface area contributed by atoms with Crippen LogP contribution in [0.1, 0.15) is 25.5 Å². The van der Waals surface area contributed by atoms with Crippen molar-refractivity contribution in [3.05, 3.63) is 34.9 Å². The molecule has 0 radical (unpaired) electrons. The number of hydrogen-bond acceptors (Lipinski definition) is 1. The van der Waals surface area contributed by atoms with Crippen molar-refractivity contribution < 1.29 is 0 Å². The molecule has 1 atom stereocenters. The zero-order valence-electron chi connectivity index (χ0n) is 7.83. The Morgan fingerprint density at radius 3 is 2.38 bits per heavy atom. The largest absolute Gasteiger partial charge is 0.324 e. The first-order valence-electron chi connectivity index (χ1n) is 4.12. The molecule has 0 spiro atoms. The molecule has 0 aliphatic carbocycles. The van der Waals surface area contributed by atoms with Crippen LogP contribution in [0.15, 0.2) is 24.3 Å². The second-order valence-electron chi connectivity index (χ2n) is 3.32. The lowest BCUT2D eigenvalue weighted by molar-refractivity contribution is 0.514. The van der Waals surface area contributed by atoms with Crippen LogP contribution in [0.2, 0.25) is 5.02 Å². The highest BCUT2D eigenvalue weighted by molar-refractivity contribution is 6.30. The van der Waals surface area contributed by atoms with Crippen LogP contribution < -0.4 is 5.73 Å². The zero-order valence-corrected chi connectivity index (χ0v) is 9.40. The summed E-state index contributed by atoms with van der Waals surface area (Å²) in [5, 5.41) is 0.753. The first kappa shape index (κ1) is 12.8. The number of hydrogen-bond donors (Lipinski definition) is 1. The monoisotopic (exact) mass is 219 g/mol. The molecule has 0 saturated carbocycles. The SMILES string of the molecule is CC(C)[C@@H](N)c1cccc(Cl)c1.Cl. The van der Waals surface area contributed by atoms with Gasteiger partial charge in [-0.2, -0.15) is 0 Å². The molecule has 1 nitrogen and oxygen atoms in total. The van der Waals surface area contributed by atoms with Crippen LogP contribution >= 0.6 is 24.0 Å². The zero-order chi connectivity index (χ0) is 9.14. The Labute approximate surface area is 90.7 Å². The van der Waals surface area contributed by atoms with E-state index >= 15 is 0 Å². The van der Waals surface area contributed by atoms with Crippen LogP contribution in [0, 0.1) is 5.92 Å². The average Bonchev–Trinajstić information content (AvgIpc) is 2.03. The second-order valence-corrected chi connectivity index (χ2v) is 3.76. The summed E-state index contributed by atoms with van der Waals surface area (Å²) in [6.07, 6.45) is 0. The van der Waals surface area contributed by atoms with Gasteiger partial charge in [0.1, 0.15) is 0 Å². The van der Waals surface area contributed by atoms with Crippen LogP contribution in [0.5, 0.6) is 0 Å². The highest BCUT2D eigenvalue weighted by atomic mass is 35.5. The molecular weight excluding hydrogens is 205 g/mol. The highest BCUT2D eigenvalue weighted by Gasteiger charge is 2.09. The van der Waals surface area contributed by atoms with Crippen molar-refractivity contribution in [2.24, 2.45) is 11.7 Å². The van der Waals surface area contributed by atoms with Gasteiger partial charge < -0.3 is 5.73 Å². The van der Waals surface area contributed by atoms with Crippen molar-refractivity contribution >= 4 is 24.0 Å². The summed E-state index contributed by atoms with van der Waals surface area (Å²) in [5.74, 6) is 0.448. The molecule has 74 valence electrons. The molecule has 0 heterocycles. The van der Waals surface area contributed by atoms with Gasteiger partial charge in [-0.1, -0.05) is 37.6 Å². The lowest BCUT2D eigenvalue weighted by Crippen LogP contribution is -2.16. The third-order valence-corrected chi connectivity index (χ3v) is 2.19. The molecule has 0 amide bonds. The summed E-state index contributed by atoms with van der Waals surface area (Å²) in [7, 11) is 0. The van der Waals surface area contributed by atoms with Gasteiger partial charge in [-0.3, -0.25) is 0 Å². The summed E-state index contributed by atoms with van der Waals surface area (Å²) < 4.78 is 0. The predicted molar refractivity (Wildman–Crippen MR) is 60.5 cm³/mol. The van der Waals surface area contributed by atoms with E-state index in [1.165, 1.54) is 0 Å². The molecule has 0 unspecified atom stereocenters. The summed E-state index contributed by atoms with van der Waals surface area (Å²) in [4.78, 5) is 0. The smallest absolute Gasteiger partial charge is 0.0409 e. The van der Waals surface area contributed by atoms with Crippen LogP contribution in [-0.2, 0) is 0 Å². The van der Waals surface area contributed by atoms with Crippen LogP contribution in [-0.4, -0.2) is 0 Å². The summed E-state index contributed by atoms with van der Waals surface area (Å²) in [6, 6.07) is 7.81. The Bertz CT molecular complexity index is 261. The van der Waals surface area contributed by atoms with E-state index in [0.29, 0.717) is 5.92 Å². The third-order valence-electron chi connectivity index (χ3n) is 1.95. The van der Waals surface area contributed by atoms with E-state index in [2.05, 4.69) is 13.8 Å². The van der Waals surface area contributed by atoms with Gasteiger partial charge in [-0.05, 0) is 23.6 Å². The van der Waals surface area contributed by atoms with Crippen molar-refractivity contribution in [1.29, 1.82) is 0 Å². The van der Waals surface area contributed by atoms with E-state index in [9.17, 15) is 0 Å². The quantitative estimate of drug-likeness (QED) is 0.811. The van der Waals surface area contributed by atoms with Gasteiger partial charge in [0.05, 0.1) is 0 Å². The topological polar surface area (TPSA) is 26.0 Å². The van der Waals surface area contributed by atoms with Crippen LogP contribution in [0.3, 0.4) is 0 Å². The number of benzene rings is 1. The maximum absolute atomic E-state index is 5.95. The maximum Gasteiger partial charge on any atom is 0.0409 e.